The predicted octanol–water partition coefficient (Wildman–Crippen LogP) is 4.00. The summed E-state index contributed by atoms with van der Waals surface area (Å²) >= 11 is 0. The number of aromatic nitrogens is 2. The van der Waals surface area contributed by atoms with Gasteiger partial charge in [-0.3, -0.25) is 0 Å². The topological polar surface area (TPSA) is 41.1 Å². The Morgan fingerprint density at radius 1 is 0.962 bits per heavy atom. The van der Waals surface area contributed by atoms with Crippen LogP contribution in [-0.2, 0) is 19.4 Å². The van der Waals surface area contributed by atoms with Gasteiger partial charge in [0.2, 0.25) is 5.95 Å². The molecule has 2 heterocycles. The summed E-state index contributed by atoms with van der Waals surface area (Å²) in [6.45, 7) is 4.74. The maximum Gasteiger partial charge on any atom is 0.227 e. The lowest BCUT2D eigenvalue weighted by Crippen LogP contribution is -2.32. The van der Waals surface area contributed by atoms with Gasteiger partial charge in [0.05, 0.1) is 0 Å². The molecule has 4 nitrogen and oxygen atoms in total. The molecule has 2 aromatic carbocycles. The summed E-state index contributed by atoms with van der Waals surface area (Å²) in [5.74, 6) is 1.73. The van der Waals surface area contributed by atoms with Gasteiger partial charge in [0.1, 0.15) is 5.82 Å². The van der Waals surface area contributed by atoms with Gasteiger partial charge in [-0.1, -0.05) is 54.6 Å². The van der Waals surface area contributed by atoms with Crippen LogP contribution in [0.4, 0.5) is 11.8 Å². The number of rotatable bonds is 5. The lowest BCUT2D eigenvalue weighted by molar-refractivity contribution is 0.706. The van der Waals surface area contributed by atoms with Gasteiger partial charge >= 0.3 is 0 Å². The summed E-state index contributed by atoms with van der Waals surface area (Å²) in [6, 6.07) is 21.2. The highest BCUT2D eigenvalue weighted by atomic mass is 15.3. The number of nitrogens with one attached hydrogen (secondary N) is 1. The SMILES string of the molecule is Cc1cc(NCCc2ccccc2)nc(N2CCc3ccccc3C2)n1. The van der Waals surface area contributed by atoms with Gasteiger partial charge < -0.3 is 10.2 Å². The number of aryl methyl sites for hydroxylation is 1. The van der Waals surface area contributed by atoms with Crippen LogP contribution in [-0.4, -0.2) is 23.1 Å². The second kappa shape index (κ2) is 7.56. The van der Waals surface area contributed by atoms with Crippen LogP contribution in [0.1, 0.15) is 22.4 Å². The average Bonchev–Trinajstić information content (AvgIpc) is 2.68. The van der Waals surface area contributed by atoms with Crippen molar-refractivity contribution in [3.8, 4) is 0 Å². The maximum absolute atomic E-state index is 4.77. The summed E-state index contributed by atoms with van der Waals surface area (Å²) in [4.78, 5) is 11.7. The van der Waals surface area contributed by atoms with E-state index in [0.29, 0.717) is 0 Å². The Labute approximate surface area is 154 Å². The molecule has 0 saturated heterocycles. The van der Waals surface area contributed by atoms with Crippen molar-refractivity contribution >= 4 is 11.8 Å². The van der Waals surface area contributed by atoms with Crippen LogP contribution in [0.5, 0.6) is 0 Å². The molecule has 0 radical (unpaired) electrons. The van der Waals surface area contributed by atoms with E-state index in [4.69, 9.17) is 4.98 Å². The molecule has 0 spiro atoms. The molecule has 0 bridgehead atoms. The molecule has 132 valence electrons. The van der Waals surface area contributed by atoms with E-state index < -0.39 is 0 Å². The second-order valence-electron chi connectivity index (χ2n) is 6.80. The third-order valence-electron chi connectivity index (χ3n) is 4.82. The molecule has 0 unspecified atom stereocenters. The van der Waals surface area contributed by atoms with Crippen molar-refractivity contribution in [1.29, 1.82) is 0 Å². The average molecular weight is 344 g/mol. The minimum atomic E-state index is 0.821. The number of anilines is 2. The van der Waals surface area contributed by atoms with Crippen molar-refractivity contribution in [2.75, 3.05) is 23.3 Å². The molecule has 0 saturated carbocycles. The standard InChI is InChI=1S/C22H24N4/c1-17-15-21(23-13-11-18-7-3-2-4-8-18)25-22(24-17)26-14-12-19-9-5-6-10-20(19)16-26/h2-10,15H,11-14,16H2,1H3,(H,23,24,25). The molecular weight excluding hydrogens is 320 g/mol. The lowest BCUT2D eigenvalue weighted by atomic mass is 10.0. The zero-order valence-electron chi connectivity index (χ0n) is 15.2. The van der Waals surface area contributed by atoms with E-state index in [1.54, 1.807) is 0 Å². The minimum absolute atomic E-state index is 0.821. The van der Waals surface area contributed by atoms with Crippen molar-refractivity contribution in [3.05, 3.63) is 83.0 Å². The molecule has 0 amide bonds. The monoisotopic (exact) mass is 344 g/mol. The van der Waals surface area contributed by atoms with Gasteiger partial charge in [-0.2, -0.15) is 4.98 Å². The Morgan fingerprint density at radius 2 is 1.73 bits per heavy atom. The van der Waals surface area contributed by atoms with Crippen molar-refractivity contribution in [1.82, 2.24) is 9.97 Å². The highest BCUT2D eigenvalue weighted by molar-refractivity contribution is 5.46. The number of hydrogen-bond donors (Lipinski definition) is 1. The summed E-state index contributed by atoms with van der Waals surface area (Å²) in [6.07, 6.45) is 2.03. The smallest absolute Gasteiger partial charge is 0.227 e. The molecule has 1 aromatic heterocycles. The normalized spacial score (nSPS) is 13.3. The number of benzene rings is 2. The first-order valence-electron chi connectivity index (χ1n) is 9.23. The molecule has 1 aliphatic heterocycles. The van der Waals surface area contributed by atoms with Crippen molar-refractivity contribution in [2.45, 2.75) is 26.3 Å². The summed E-state index contributed by atoms with van der Waals surface area (Å²) in [7, 11) is 0. The number of fused-ring (bicyclic) bond motifs is 1. The van der Waals surface area contributed by atoms with Crippen LogP contribution in [0.2, 0.25) is 0 Å². The van der Waals surface area contributed by atoms with Gasteiger partial charge in [-0.05, 0) is 36.5 Å². The molecule has 0 fully saturated rings. The fourth-order valence-electron chi connectivity index (χ4n) is 3.43. The first-order chi connectivity index (χ1) is 12.8. The van der Waals surface area contributed by atoms with Crippen molar-refractivity contribution < 1.29 is 0 Å². The molecule has 4 heteroatoms. The van der Waals surface area contributed by atoms with Crippen LogP contribution < -0.4 is 10.2 Å². The van der Waals surface area contributed by atoms with Gasteiger partial charge in [0.25, 0.3) is 0 Å². The summed E-state index contributed by atoms with van der Waals surface area (Å²) in [5, 5.41) is 3.45. The minimum Gasteiger partial charge on any atom is -0.370 e. The van der Waals surface area contributed by atoms with E-state index in [1.165, 1.54) is 16.7 Å². The fraction of sp³-hybridized carbons (Fsp3) is 0.273. The van der Waals surface area contributed by atoms with E-state index >= 15 is 0 Å². The third-order valence-corrected chi connectivity index (χ3v) is 4.82. The first-order valence-corrected chi connectivity index (χ1v) is 9.23. The molecule has 0 atom stereocenters. The van der Waals surface area contributed by atoms with Crippen LogP contribution >= 0.6 is 0 Å². The van der Waals surface area contributed by atoms with Gasteiger partial charge in [0.15, 0.2) is 0 Å². The molecule has 4 rings (SSSR count). The highest BCUT2D eigenvalue weighted by Gasteiger charge is 2.18. The Hall–Kier alpha value is -2.88. The van der Waals surface area contributed by atoms with E-state index in [1.807, 2.05) is 19.1 Å². The third kappa shape index (κ3) is 3.85. The van der Waals surface area contributed by atoms with E-state index in [0.717, 1.165) is 49.9 Å². The molecule has 26 heavy (non-hydrogen) atoms. The van der Waals surface area contributed by atoms with Crippen LogP contribution in [0.15, 0.2) is 60.7 Å². The molecule has 0 aliphatic carbocycles. The van der Waals surface area contributed by atoms with Gasteiger partial charge in [-0.15, -0.1) is 0 Å². The predicted molar refractivity (Wildman–Crippen MR) is 107 cm³/mol. The second-order valence-corrected chi connectivity index (χ2v) is 6.80. The zero-order valence-corrected chi connectivity index (χ0v) is 15.2. The number of nitrogens with zero attached hydrogens (tertiary/aromatic N) is 3. The van der Waals surface area contributed by atoms with E-state index in [-0.39, 0.29) is 0 Å². The molecule has 1 N–H and O–H groups in total. The lowest BCUT2D eigenvalue weighted by Gasteiger charge is -2.29. The van der Waals surface area contributed by atoms with Crippen LogP contribution in [0.3, 0.4) is 0 Å². The Bertz CT molecular complexity index is 876. The van der Waals surface area contributed by atoms with Crippen molar-refractivity contribution in [3.63, 3.8) is 0 Å². The quantitative estimate of drug-likeness (QED) is 0.759. The van der Waals surface area contributed by atoms with E-state index in [2.05, 4.69) is 63.7 Å². The largest absolute Gasteiger partial charge is 0.370 e. The van der Waals surface area contributed by atoms with E-state index in [9.17, 15) is 0 Å². The summed E-state index contributed by atoms with van der Waals surface area (Å²) < 4.78 is 0. The highest BCUT2D eigenvalue weighted by Crippen LogP contribution is 2.23. The van der Waals surface area contributed by atoms with Gasteiger partial charge in [0, 0.05) is 31.4 Å². The van der Waals surface area contributed by atoms with Crippen LogP contribution in [0.25, 0.3) is 0 Å². The zero-order chi connectivity index (χ0) is 17.8. The van der Waals surface area contributed by atoms with Gasteiger partial charge in [-0.25, -0.2) is 4.98 Å². The Morgan fingerprint density at radius 3 is 2.58 bits per heavy atom. The molecular formula is C22H24N4. The fourth-order valence-corrected chi connectivity index (χ4v) is 3.43. The van der Waals surface area contributed by atoms with Crippen molar-refractivity contribution in [2.24, 2.45) is 0 Å². The van der Waals surface area contributed by atoms with Crippen LogP contribution in [0, 0.1) is 6.92 Å². The summed E-state index contributed by atoms with van der Waals surface area (Å²) in [5.41, 5.74) is 5.15. The number of hydrogen-bond acceptors (Lipinski definition) is 4. The maximum atomic E-state index is 4.77. The Balaban J connectivity index is 1.45. The molecule has 1 aliphatic rings. The Kier molecular flexibility index (Phi) is 4.82. The molecule has 3 aromatic rings. The first kappa shape index (κ1) is 16.6.